The Labute approximate surface area is 292 Å². The highest BCUT2D eigenvalue weighted by Gasteiger charge is 2.42. The Kier molecular flexibility index (Phi) is 7.00. The second-order valence-electron chi connectivity index (χ2n) is 11.6. The highest BCUT2D eigenvalue weighted by atomic mass is 35.5. The summed E-state index contributed by atoms with van der Waals surface area (Å²) in [6.07, 6.45) is 1.62. The van der Waals surface area contributed by atoms with Crippen molar-refractivity contribution in [3.63, 3.8) is 0 Å². The lowest BCUT2D eigenvalue weighted by molar-refractivity contribution is 0.0990. The molecule has 0 radical (unpaired) electrons. The molecule has 46 heavy (non-hydrogen) atoms. The topological polar surface area (TPSA) is 50.3 Å². The number of benzene rings is 3. The molecule has 2 aliphatic carbocycles. The fraction of sp³-hybridized carbons (Fsp3) is 0.0833. The number of thiophene rings is 2. The molecule has 6 aromatic rings. The normalized spacial score (nSPS) is 14.5. The largest absolute Gasteiger partial charge is 0.295 e. The predicted molar refractivity (Wildman–Crippen MR) is 193 cm³/mol. The zero-order chi connectivity index (χ0) is 32.1. The number of nitrogens with zero attached hydrogens (tertiary/aromatic N) is 2. The van der Waals surface area contributed by atoms with Crippen molar-refractivity contribution >= 4 is 113 Å². The molecule has 0 fully saturated rings. The number of carbonyl (C=O) groups is 2. The zero-order valence-electron chi connectivity index (χ0n) is 24.1. The van der Waals surface area contributed by atoms with Crippen molar-refractivity contribution in [2.75, 3.05) is 4.90 Å². The van der Waals surface area contributed by atoms with Gasteiger partial charge in [-0.1, -0.05) is 96.6 Å². The van der Waals surface area contributed by atoms with Crippen LogP contribution >= 0.6 is 69.1 Å². The van der Waals surface area contributed by atoms with Crippen molar-refractivity contribution < 1.29 is 9.59 Å². The molecule has 0 N–H and O–H groups in total. The highest BCUT2D eigenvalue weighted by Crippen LogP contribution is 2.57. The van der Waals surface area contributed by atoms with E-state index in [4.69, 9.17) is 51.4 Å². The molecule has 0 saturated carbocycles. The van der Waals surface area contributed by atoms with Gasteiger partial charge in [0.05, 0.1) is 47.2 Å². The zero-order valence-corrected chi connectivity index (χ0v) is 28.8. The lowest BCUT2D eigenvalue weighted by atomic mass is 9.86. The quantitative estimate of drug-likeness (QED) is 0.0788. The van der Waals surface area contributed by atoms with Crippen LogP contribution in [0.5, 0.6) is 0 Å². The number of halogens is 4. The standard InChI is InChI=1S/C36H20Cl4N2O2S2/c1-36(2)26-33(20-13-14-23(41-35(20)36)42(17-9-5-3-6-10-17)18-11-7-4-8-12-18)46-22-16-19(45-34(22)26)15-21-31(43)24-25(32(21)44)28(38)30(40)29(39)27(24)37/h3-16H,1-2H3. The van der Waals surface area contributed by atoms with Crippen molar-refractivity contribution in [2.24, 2.45) is 0 Å². The second kappa shape index (κ2) is 10.8. The van der Waals surface area contributed by atoms with E-state index in [0.29, 0.717) is 0 Å². The first-order chi connectivity index (χ1) is 22.1. The summed E-state index contributed by atoms with van der Waals surface area (Å²) in [7, 11) is 0. The molecular weight excluding hydrogens is 698 g/mol. The number of fused-ring (bicyclic) bond motifs is 6. The maximum absolute atomic E-state index is 13.4. The van der Waals surface area contributed by atoms with Gasteiger partial charge in [0, 0.05) is 42.4 Å². The number of allylic oxidation sites excluding steroid dienone is 1. The minimum absolute atomic E-state index is 0.00455. The average Bonchev–Trinajstić information content (AvgIpc) is 3.74. The minimum atomic E-state index is -0.515. The second-order valence-corrected chi connectivity index (χ2v) is 15.2. The molecule has 0 saturated heterocycles. The number of hydrogen-bond donors (Lipinski definition) is 0. The molecule has 3 heterocycles. The summed E-state index contributed by atoms with van der Waals surface area (Å²) in [5.74, 6) is -0.195. The Balaban J connectivity index is 1.20. The van der Waals surface area contributed by atoms with E-state index < -0.39 is 17.0 Å². The molecule has 10 heteroatoms. The number of Topliss-reactive ketones (excluding diaryl/α,β-unsaturated/α-hetero) is 2. The van der Waals surface area contributed by atoms with Crippen molar-refractivity contribution in [3.8, 4) is 10.4 Å². The Morgan fingerprint density at radius 1 is 0.739 bits per heavy atom. The van der Waals surface area contributed by atoms with Gasteiger partial charge in [0.15, 0.2) is 11.6 Å². The number of aromatic nitrogens is 1. The smallest absolute Gasteiger partial charge is 0.199 e. The number of ketones is 2. The first-order valence-electron chi connectivity index (χ1n) is 14.2. The number of anilines is 3. The van der Waals surface area contributed by atoms with E-state index >= 15 is 0 Å². The molecule has 4 nitrogen and oxygen atoms in total. The van der Waals surface area contributed by atoms with E-state index in [1.54, 1.807) is 28.7 Å². The van der Waals surface area contributed by atoms with Gasteiger partial charge in [-0.15, -0.1) is 22.7 Å². The molecule has 226 valence electrons. The van der Waals surface area contributed by atoms with Gasteiger partial charge >= 0.3 is 0 Å². The van der Waals surface area contributed by atoms with Gasteiger partial charge in [0.25, 0.3) is 0 Å². The summed E-state index contributed by atoms with van der Waals surface area (Å²) in [6.45, 7) is 4.40. The SMILES string of the molecule is CC1(C)c2nc(N(c3ccccc3)c3ccccc3)ccc2-c2sc3cc(C=C4C(=O)c5c(Cl)c(Cl)c(Cl)c(Cl)c5C4=O)sc3c21. The number of carbonyl (C=O) groups excluding carboxylic acids is 2. The molecule has 2 aliphatic rings. The molecule has 0 amide bonds. The van der Waals surface area contributed by atoms with Gasteiger partial charge in [-0.25, -0.2) is 4.98 Å². The average molecular weight is 719 g/mol. The minimum Gasteiger partial charge on any atom is -0.295 e. The summed E-state index contributed by atoms with van der Waals surface area (Å²) in [5, 5.41) is -0.226. The van der Waals surface area contributed by atoms with Gasteiger partial charge in [-0.05, 0) is 48.5 Å². The molecular formula is C36H20Cl4N2O2S2. The fourth-order valence-corrected chi connectivity index (χ4v) is 10.3. The summed E-state index contributed by atoms with van der Waals surface area (Å²) >= 11 is 28.3. The summed E-state index contributed by atoms with van der Waals surface area (Å²) < 4.78 is 2.19. The van der Waals surface area contributed by atoms with E-state index in [1.807, 2.05) is 42.5 Å². The first kappa shape index (κ1) is 29.9. The van der Waals surface area contributed by atoms with Gasteiger partial charge in [-0.3, -0.25) is 14.5 Å². The first-order valence-corrected chi connectivity index (χ1v) is 17.4. The van der Waals surface area contributed by atoms with Crippen LogP contribution in [0.4, 0.5) is 17.2 Å². The van der Waals surface area contributed by atoms with Crippen LogP contribution in [0, 0.1) is 0 Å². The number of pyridine rings is 1. The van der Waals surface area contributed by atoms with E-state index in [9.17, 15) is 9.59 Å². The van der Waals surface area contributed by atoms with E-state index in [0.717, 1.165) is 42.7 Å². The van der Waals surface area contributed by atoms with Gasteiger partial charge < -0.3 is 0 Å². The molecule has 3 aromatic carbocycles. The maximum atomic E-state index is 13.4. The van der Waals surface area contributed by atoms with Gasteiger partial charge in [0.1, 0.15) is 5.82 Å². The lowest BCUT2D eigenvalue weighted by Crippen LogP contribution is -2.19. The van der Waals surface area contributed by atoms with Gasteiger partial charge in [0.2, 0.25) is 0 Å². The predicted octanol–water partition coefficient (Wildman–Crippen LogP) is 12.2. The number of para-hydroxylation sites is 2. The van der Waals surface area contributed by atoms with Crippen molar-refractivity contribution in [1.29, 1.82) is 0 Å². The number of rotatable bonds is 4. The van der Waals surface area contributed by atoms with Crippen LogP contribution in [0.15, 0.2) is 84.4 Å². The van der Waals surface area contributed by atoms with E-state index in [1.165, 1.54) is 10.4 Å². The Morgan fingerprint density at radius 2 is 1.30 bits per heavy atom. The summed E-state index contributed by atoms with van der Waals surface area (Å²) in [4.78, 5) is 36.2. The summed E-state index contributed by atoms with van der Waals surface area (Å²) in [5.41, 5.74) is 4.96. The van der Waals surface area contributed by atoms with Crippen LogP contribution < -0.4 is 4.90 Å². The van der Waals surface area contributed by atoms with Crippen LogP contribution in [0.25, 0.3) is 25.9 Å². The lowest BCUT2D eigenvalue weighted by Gasteiger charge is -2.26. The monoisotopic (exact) mass is 716 g/mol. The van der Waals surface area contributed by atoms with Crippen LogP contribution in [-0.2, 0) is 5.41 Å². The Hall–Kier alpha value is -3.49. The fourth-order valence-electron chi connectivity index (χ4n) is 6.36. The third-order valence-electron chi connectivity index (χ3n) is 8.48. The summed E-state index contributed by atoms with van der Waals surface area (Å²) in [6, 6.07) is 26.7. The maximum Gasteiger partial charge on any atom is 0.199 e. The molecule has 0 unspecified atom stereocenters. The van der Waals surface area contributed by atoms with Crippen LogP contribution in [0.3, 0.4) is 0 Å². The van der Waals surface area contributed by atoms with Crippen molar-refractivity contribution in [2.45, 2.75) is 19.3 Å². The van der Waals surface area contributed by atoms with E-state index in [-0.39, 0.29) is 36.8 Å². The van der Waals surface area contributed by atoms with Crippen LogP contribution in [0.2, 0.25) is 20.1 Å². The molecule has 0 spiro atoms. The number of hydrogen-bond acceptors (Lipinski definition) is 6. The molecule has 3 aromatic heterocycles. The van der Waals surface area contributed by atoms with Crippen molar-refractivity contribution in [3.05, 3.63) is 132 Å². The van der Waals surface area contributed by atoms with E-state index in [2.05, 4.69) is 55.1 Å². The molecule has 0 atom stereocenters. The van der Waals surface area contributed by atoms with Gasteiger partial charge in [-0.2, -0.15) is 0 Å². The third kappa shape index (κ3) is 4.28. The third-order valence-corrected chi connectivity index (χ3v) is 12.7. The van der Waals surface area contributed by atoms with Crippen LogP contribution in [-0.4, -0.2) is 16.6 Å². The van der Waals surface area contributed by atoms with Crippen LogP contribution in [0.1, 0.15) is 50.7 Å². The highest BCUT2D eigenvalue weighted by molar-refractivity contribution is 7.30. The van der Waals surface area contributed by atoms with Crippen molar-refractivity contribution in [1.82, 2.24) is 4.98 Å². The molecule has 0 aliphatic heterocycles. The Bertz CT molecular complexity index is 2240. The Morgan fingerprint density at radius 3 is 1.87 bits per heavy atom. The molecule has 0 bridgehead atoms. The molecule has 8 rings (SSSR count).